The molecule has 0 radical (unpaired) electrons. The molecule has 0 aromatic rings. The maximum atomic E-state index is 10.3. The predicted octanol–water partition coefficient (Wildman–Crippen LogP) is -5.63. The van der Waals surface area contributed by atoms with E-state index in [-0.39, 0.29) is 30.7 Å². The number of carbonyl (C=O) groups is 1. The summed E-state index contributed by atoms with van der Waals surface area (Å²) in [5.74, 6) is 0.189. The average Bonchev–Trinajstić information content (AvgIpc) is 1.68. The number of hydrogen-bond acceptors (Lipinski definition) is 1. The van der Waals surface area contributed by atoms with E-state index in [0.717, 1.165) is 31.1 Å². The third-order valence-electron chi connectivity index (χ3n) is 0.616. The van der Waals surface area contributed by atoms with E-state index < -0.39 is 0 Å². The van der Waals surface area contributed by atoms with Crippen molar-refractivity contribution in [2.45, 2.75) is 19.8 Å². The van der Waals surface area contributed by atoms with Crippen LogP contribution < -0.4 is 28.1 Å². The largest absolute Gasteiger partial charge is 1.00 e. The summed E-state index contributed by atoms with van der Waals surface area (Å²) in [6.07, 6.45) is 1.64. The molecule has 0 aromatic heterocycles. The van der Waals surface area contributed by atoms with Crippen LogP contribution in [0, 0.1) is 0 Å². The van der Waals surface area contributed by atoms with Gasteiger partial charge in [0.25, 0.3) is 0 Å². The van der Waals surface area contributed by atoms with Crippen LogP contribution in [0.5, 0.6) is 0 Å². The number of rotatable bonds is 2. The van der Waals surface area contributed by atoms with Crippen LogP contribution in [0.3, 0.4) is 0 Å². The zero-order valence-corrected chi connectivity index (χ0v) is 10.2. The van der Waals surface area contributed by atoms with E-state index in [1.54, 1.807) is 0 Å². The van der Waals surface area contributed by atoms with Crippen LogP contribution in [-0.2, 0) is 29.5 Å². The van der Waals surface area contributed by atoms with E-state index in [1.165, 1.54) is 0 Å². The fraction of sp³-hybridized carbons (Fsp3) is 0.750. The van der Waals surface area contributed by atoms with E-state index in [9.17, 15) is 4.79 Å². The van der Waals surface area contributed by atoms with E-state index in [2.05, 4.69) is 3.30 Å². The van der Waals surface area contributed by atoms with Gasteiger partial charge in [-0.05, 0) is 0 Å². The Kier molecular flexibility index (Phi) is 21.4. The number of halogens is 2. The summed E-state index contributed by atoms with van der Waals surface area (Å²) in [5.41, 5.74) is 0. The fourth-order valence-electron chi connectivity index (χ4n) is 0.290. The summed E-state index contributed by atoms with van der Waals surface area (Å²) < 4.78 is 2.67. The zero-order chi connectivity index (χ0) is 5.70. The molecule has 0 aliphatic rings. The van der Waals surface area contributed by atoms with Gasteiger partial charge < -0.3 is 24.8 Å². The van der Waals surface area contributed by atoms with Crippen molar-refractivity contribution in [3.63, 3.8) is 0 Å². The van der Waals surface area contributed by atoms with Crippen molar-refractivity contribution in [2.75, 3.05) is 0 Å². The Labute approximate surface area is 82.9 Å². The summed E-state index contributed by atoms with van der Waals surface area (Å²) in [7, 11) is 0. The number of hydrogen-bond donors (Lipinski definition) is 1. The van der Waals surface area contributed by atoms with Gasteiger partial charge >= 0.3 is 58.4 Å². The second kappa shape index (κ2) is 11.7. The fourth-order valence-corrected chi connectivity index (χ4v) is 0.739. The normalized spacial score (nSPS) is 6.56. The van der Waals surface area contributed by atoms with Gasteiger partial charge in [-0.15, -0.1) is 0 Å². The number of nitrogens with one attached hydrogen (secondary N) is 1. The first-order valence-corrected chi connectivity index (χ1v) is 4.06. The molecule has 0 saturated heterocycles. The molecular formula is C4H8Cl2HfNO. The van der Waals surface area contributed by atoms with Gasteiger partial charge in [0.15, 0.2) is 0 Å². The average molecular weight is 336 g/mol. The molecule has 0 unspecified atom stereocenters. The topological polar surface area (TPSA) is 29.1 Å². The summed E-state index contributed by atoms with van der Waals surface area (Å²) in [4.78, 5) is 10.3. The first kappa shape index (κ1) is 16.5. The summed E-state index contributed by atoms with van der Waals surface area (Å²) >= 11 is 0.788. The molecule has 0 bridgehead atoms. The van der Waals surface area contributed by atoms with Gasteiger partial charge in [0.1, 0.15) is 0 Å². The third-order valence-corrected chi connectivity index (χ3v) is 1.62. The first-order chi connectivity index (χ1) is 3.31. The van der Waals surface area contributed by atoms with Crippen LogP contribution in [-0.4, -0.2) is 5.91 Å². The Morgan fingerprint density at radius 2 is 2.00 bits per heavy atom. The van der Waals surface area contributed by atoms with Crippen LogP contribution in [0.25, 0.3) is 0 Å². The summed E-state index contributed by atoms with van der Waals surface area (Å²) in [5, 5.41) is 0. The van der Waals surface area contributed by atoms with Crippen LogP contribution >= 0.6 is 0 Å². The molecule has 0 aliphatic carbocycles. The molecule has 5 heteroatoms. The van der Waals surface area contributed by atoms with Gasteiger partial charge in [0.05, 0.1) is 0 Å². The van der Waals surface area contributed by atoms with Gasteiger partial charge in [0.2, 0.25) is 0 Å². The maximum Gasteiger partial charge on any atom is -1.00 e. The zero-order valence-electron chi connectivity index (χ0n) is 5.08. The Hall–Kier alpha value is 0.920. The molecule has 0 aliphatic heterocycles. The van der Waals surface area contributed by atoms with Crippen LogP contribution in [0.2, 0.25) is 0 Å². The van der Waals surface area contributed by atoms with Gasteiger partial charge in [-0.25, -0.2) is 0 Å². The summed E-state index contributed by atoms with van der Waals surface area (Å²) in [6.45, 7) is 2.00. The third kappa shape index (κ3) is 12.2. The second-order valence-electron chi connectivity index (χ2n) is 1.30. The van der Waals surface area contributed by atoms with Gasteiger partial charge in [-0.3, -0.25) is 0 Å². The van der Waals surface area contributed by atoms with Crippen molar-refractivity contribution in [3.8, 4) is 0 Å². The van der Waals surface area contributed by atoms with Crippen molar-refractivity contribution in [1.29, 1.82) is 0 Å². The van der Waals surface area contributed by atoms with Gasteiger partial charge in [-0.2, -0.15) is 0 Å². The molecule has 0 atom stereocenters. The summed E-state index contributed by atoms with van der Waals surface area (Å²) in [6, 6.07) is 0. The van der Waals surface area contributed by atoms with Gasteiger partial charge in [-0.1, -0.05) is 0 Å². The minimum Gasteiger partial charge on any atom is -1.00 e. The maximum absolute atomic E-state index is 10.3. The smallest absolute Gasteiger partial charge is 1.00 e. The molecule has 0 spiro atoms. The van der Waals surface area contributed by atoms with E-state index >= 15 is 0 Å². The molecule has 1 amide bonds. The molecular weight excluding hydrogens is 327 g/mol. The standard InChI is InChI=1S/C4H9NO.2ClH.Hf/c1-2-3-4(5)6;;;/h2-3H2,1H3,(H2,5,6);2*1H;/q;;;+3/p-3. The molecule has 0 rings (SSSR count). The number of amides is 1. The Morgan fingerprint density at radius 3 is 2.11 bits per heavy atom. The van der Waals surface area contributed by atoms with Gasteiger partial charge in [0, 0.05) is 0 Å². The Morgan fingerprint density at radius 1 is 1.56 bits per heavy atom. The van der Waals surface area contributed by atoms with Crippen molar-refractivity contribution in [3.05, 3.63) is 0 Å². The minimum atomic E-state index is 0. The minimum absolute atomic E-state index is 0. The van der Waals surface area contributed by atoms with Crippen LogP contribution in [0.4, 0.5) is 0 Å². The quantitative estimate of drug-likeness (QED) is 0.501. The molecule has 2 nitrogen and oxygen atoms in total. The van der Waals surface area contributed by atoms with E-state index in [1.807, 2.05) is 6.92 Å². The van der Waals surface area contributed by atoms with Crippen molar-refractivity contribution < 1.29 is 54.3 Å². The van der Waals surface area contributed by atoms with E-state index in [0.29, 0.717) is 6.42 Å². The monoisotopic (exact) mass is 336 g/mol. The molecule has 9 heavy (non-hydrogen) atoms. The van der Waals surface area contributed by atoms with Crippen molar-refractivity contribution in [1.82, 2.24) is 3.30 Å². The molecule has 0 heterocycles. The Bertz CT molecular complexity index is 71.6. The molecule has 0 saturated carbocycles. The van der Waals surface area contributed by atoms with E-state index in [4.69, 9.17) is 0 Å². The molecule has 0 fully saturated rings. The van der Waals surface area contributed by atoms with Crippen molar-refractivity contribution in [2.24, 2.45) is 0 Å². The van der Waals surface area contributed by atoms with Crippen molar-refractivity contribution >= 4 is 5.91 Å². The Balaban J connectivity index is -0.000000180. The molecule has 1 N–H and O–H groups in total. The molecule has 0 aromatic carbocycles. The number of carbonyl (C=O) groups excluding carboxylic acids is 1. The SMILES string of the molecule is CCCC(=O)[NH][Hf+2].[Cl-].[Cl-]. The van der Waals surface area contributed by atoms with Crippen LogP contribution in [0.15, 0.2) is 0 Å². The molecule has 53 valence electrons. The predicted molar refractivity (Wildman–Crippen MR) is 23.1 cm³/mol. The first-order valence-electron chi connectivity index (χ1n) is 2.26. The second-order valence-corrected chi connectivity index (χ2v) is 2.20. The van der Waals surface area contributed by atoms with Crippen LogP contribution in [0.1, 0.15) is 19.8 Å².